The van der Waals surface area contributed by atoms with Crippen LogP contribution in [0.5, 0.6) is 0 Å². The third-order valence-corrected chi connectivity index (χ3v) is 3.58. The molecular weight excluding hydrogens is 287 g/mol. The molecule has 120 valence electrons. The molecule has 0 aromatic carbocycles. The largest absolute Gasteiger partial charge is 0.451 e. The molecule has 0 saturated heterocycles. The SMILES string of the molecule is COCCNCC(C)N1CCn2c(nnc2C(F)(F)F)C1. The zero-order chi connectivity index (χ0) is 15.5. The van der Waals surface area contributed by atoms with Crippen LogP contribution in [0, 0.1) is 0 Å². The van der Waals surface area contributed by atoms with Crippen molar-refractivity contribution in [3.63, 3.8) is 0 Å². The van der Waals surface area contributed by atoms with Gasteiger partial charge in [0, 0.05) is 39.3 Å². The number of nitrogens with one attached hydrogen (secondary N) is 1. The second-order valence-electron chi connectivity index (χ2n) is 5.11. The minimum Gasteiger partial charge on any atom is -0.383 e. The molecule has 0 aliphatic carbocycles. The first-order valence-electron chi connectivity index (χ1n) is 6.86. The molecule has 21 heavy (non-hydrogen) atoms. The van der Waals surface area contributed by atoms with E-state index in [-0.39, 0.29) is 12.6 Å². The molecule has 1 aromatic rings. The maximum atomic E-state index is 12.7. The van der Waals surface area contributed by atoms with Crippen molar-refractivity contribution in [3.05, 3.63) is 11.6 Å². The van der Waals surface area contributed by atoms with Gasteiger partial charge in [-0.1, -0.05) is 0 Å². The Hall–Kier alpha value is -1.19. The van der Waals surface area contributed by atoms with E-state index < -0.39 is 12.0 Å². The molecule has 1 N–H and O–H groups in total. The number of fused-ring (bicyclic) bond motifs is 1. The lowest BCUT2D eigenvalue weighted by Gasteiger charge is -2.33. The molecule has 2 heterocycles. The Balaban J connectivity index is 1.92. The number of methoxy groups -OCH3 is 1. The first-order chi connectivity index (χ1) is 9.93. The summed E-state index contributed by atoms with van der Waals surface area (Å²) in [7, 11) is 1.64. The Bertz CT molecular complexity index is 462. The average Bonchev–Trinajstić information content (AvgIpc) is 2.86. The highest BCUT2D eigenvalue weighted by molar-refractivity contribution is 5.02. The van der Waals surface area contributed by atoms with Gasteiger partial charge in [0.25, 0.3) is 0 Å². The Morgan fingerprint density at radius 3 is 2.76 bits per heavy atom. The van der Waals surface area contributed by atoms with Gasteiger partial charge in [0.15, 0.2) is 0 Å². The van der Waals surface area contributed by atoms with E-state index in [4.69, 9.17) is 4.74 Å². The lowest BCUT2D eigenvalue weighted by atomic mass is 10.2. The molecule has 0 radical (unpaired) electrons. The predicted molar refractivity (Wildman–Crippen MR) is 69.6 cm³/mol. The quantitative estimate of drug-likeness (QED) is 0.786. The van der Waals surface area contributed by atoms with Crippen LogP contribution in [0.3, 0.4) is 0 Å². The summed E-state index contributed by atoms with van der Waals surface area (Å²) in [6.07, 6.45) is -4.44. The lowest BCUT2D eigenvalue weighted by molar-refractivity contribution is -0.148. The van der Waals surface area contributed by atoms with Gasteiger partial charge in [-0.15, -0.1) is 10.2 Å². The molecule has 0 amide bonds. The van der Waals surface area contributed by atoms with Crippen LogP contribution in [0.25, 0.3) is 0 Å². The Morgan fingerprint density at radius 1 is 1.33 bits per heavy atom. The lowest BCUT2D eigenvalue weighted by Crippen LogP contribution is -2.45. The first kappa shape index (κ1) is 16.2. The van der Waals surface area contributed by atoms with E-state index in [0.29, 0.717) is 25.5 Å². The third-order valence-electron chi connectivity index (χ3n) is 3.58. The molecule has 1 unspecified atom stereocenters. The summed E-state index contributed by atoms with van der Waals surface area (Å²) >= 11 is 0. The highest BCUT2D eigenvalue weighted by Gasteiger charge is 2.39. The number of hydrogen-bond donors (Lipinski definition) is 1. The Kier molecular flexibility index (Phi) is 5.17. The van der Waals surface area contributed by atoms with Crippen molar-refractivity contribution >= 4 is 0 Å². The summed E-state index contributed by atoms with van der Waals surface area (Å²) in [4.78, 5) is 2.10. The summed E-state index contributed by atoms with van der Waals surface area (Å²) in [5.41, 5.74) is 0. The van der Waals surface area contributed by atoms with Gasteiger partial charge in [0.05, 0.1) is 13.2 Å². The predicted octanol–water partition coefficient (Wildman–Crippen LogP) is 0.737. The number of nitrogens with zero attached hydrogens (tertiary/aromatic N) is 4. The van der Waals surface area contributed by atoms with Crippen molar-refractivity contribution in [3.8, 4) is 0 Å². The van der Waals surface area contributed by atoms with Crippen molar-refractivity contribution in [1.82, 2.24) is 25.0 Å². The number of halogens is 3. The van der Waals surface area contributed by atoms with Crippen LogP contribution in [0.15, 0.2) is 0 Å². The smallest absolute Gasteiger partial charge is 0.383 e. The standard InChI is InChI=1S/C12H20F3N5O/c1-9(7-16-3-6-21-2)19-4-5-20-10(8-19)17-18-11(20)12(13,14)15/h9,16H,3-8H2,1-2H3. The van der Waals surface area contributed by atoms with Crippen LogP contribution in [-0.2, 0) is 24.0 Å². The van der Waals surface area contributed by atoms with Gasteiger partial charge in [-0.25, -0.2) is 0 Å². The Labute approximate surface area is 121 Å². The highest BCUT2D eigenvalue weighted by Crippen LogP contribution is 2.29. The van der Waals surface area contributed by atoms with Gasteiger partial charge in [-0.3, -0.25) is 4.90 Å². The van der Waals surface area contributed by atoms with E-state index in [9.17, 15) is 13.2 Å². The fourth-order valence-corrected chi connectivity index (χ4v) is 2.38. The van der Waals surface area contributed by atoms with Crippen LogP contribution in [-0.4, -0.2) is 59.1 Å². The van der Waals surface area contributed by atoms with Gasteiger partial charge in [0.1, 0.15) is 5.82 Å². The topological polar surface area (TPSA) is 55.2 Å². The Morgan fingerprint density at radius 2 is 2.10 bits per heavy atom. The van der Waals surface area contributed by atoms with Gasteiger partial charge >= 0.3 is 6.18 Å². The molecule has 1 atom stereocenters. The monoisotopic (exact) mass is 307 g/mol. The molecule has 0 spiro atoms. The average molecular weight is 307 g/mol. The zero-order valence-corrected chi connectivity index (χ0v) is 12.2. The van der Waals surface area contributed by atoms with Crippen LogP contribution >= 0.6 is 0 Å². The number of aromatic nitrogens is 3. The van der Waals surface area contributed by atoms with Crippen molar-refractivity contribution in [2.45, 2.75) is 32.2 Å². The second kappa shape index (κ2) is 6.71. The summed E-state index contributed by atoms with van der Waals surface area (Å²) in [5.74, 6) is -0.527. The maximum absolute atomic E-state index is 12.7. The van der Waals surface area contributed by atoms with Crippen molar-refractivity contribution in [2.75, 3.05) is 33.4 Å². The molecule has 6 nitrogen and oxygen atoms in total. The minimum absolute atomic E-state index is 0.210. The maximum Gasteiger partial charge on any atom is 0.451 e. The molecule has 1 aromatic heterocycles. The second-order valence-corrected chi connectivity index (χ2v) is 5.11. The molecule has 9 heteroatoms. The number of alkyl halides is 3. The van der Waals surface area contributed by atoms with Gasteiger partial charge in [-0.05, 0) is 6.92 Å². The first-order valence-corrected chi connectivity index (χ1v) is 6.86. The molecular formula is C12H20F3N5O. The molecule has 0 bridgehead atoms. The van der Waals surface area contributed by atoms with Crippen molar-refractivity contribution in [2.24, 2.45) is 0 Å². The van der Waals surface area contributed by atoms with Crippen molar-refractivity contribution in [1.29, 1.82) is 0 Å². The van der Waals surface area contributed by atoms with Crippen molar-refractivity contribution < 1.29 is 17.9 Å². The minimum atomic E-state index is -4.44. The summed E-state index contributed by atoms with van der Waals surface area (Å²) in [6.45, 7) is 5.39. The van der Waals surface area contributed by atoms with Gasteiger partial charge in [0.2, 0.25) is 5.82 Å². The summed E-state index contributed by atoms with van der Waals surface area (Å²) in [5, 5.41) is 10.2. The zero-order valence-electron chi connectivity index (χ0n) is 12.2. The van der Waals surface area contributed by atoms with E-state index in [1.807, 2.05) is 6.92 Å². The van der Waals surface area contributed by atoms with Crippen LogP contribution in [0.4, 0.5) is 13.2 Å². The summed E-state index contributed by atoms with van der Waals surface area (Å²) < 4.78 is 44.3. The van der Waals surface area contributed by atoms with E-state index in [1.165, 1.54) is 4.57 Å². The molecule has 0 saturated carbocycles. The van der Waals surface area contributed by atoms with Crippen LogP contribution < -0.4 is 5.32 Å². The molecule has 1 aliphatic heterocycles. The van der Waals surface area contributed by atoms with Gasteiger partial charge in [-0.2, -0.15) is 13.2 Å². The molecule has 2 rings (SSSR count). The van der Waals surface area contributed by atoms with Crippen LogP contribution in [0.1, 0.15) is 18.6 Å². The number of ether oxygens (including phenoxy) is 1. The highest BCUT2D eigenvalue weighted by atomic mass is 19.4. The molecule has 1 aliphatic rings. The van der Waals surface area contributed by atoms with E-state index in [0.717, 1.165) is 13.1 Å². The molecule has 0 fully saturated rings. The fourth-order valence-electron chi connectivity index (χ4n) is 2.38. The van der Waals surface area contributed by atoms with E-state index in [2.05, 4.69) is 20.4 Å². The third kappa shape index (κ3) is 3.92. The van der Waals surface area contributed by atoms with E-state index >= 15 is 0 Å². The van der Waals surface area contributed by atoms with E-state index in [1.54, 1.807) is 7.11 Å². The fraction of sp³-hybridized carbons (Fsp3) is 0.833. The van der Waals surface area contributed by atoms with Gasteiger partial charge < -0.3 is 14.6 Å². The number of hydrogen-bond acceptors (Lipinski definition) is 5. The number of rotatable bonds is 6. The normalized spacial score (nSPS) is 17.8. The van der Waals surface area contributed by atoms with Crippen LogP contribution in [0.2, 0.25) is 0 Å². The summed E-state index contributed by atoms with van der Waals surface area (Å²) in [6, 6.07) is 0.210.